The number of carbonyl (C=O) groups is 1. The highest BCUT2D eigenvalue weighted by atomic mass is 32.2. The number of thioether (sulfide) groups is 1. The second kappa shape index (κ2) is 6.77. The minimum Gasteiger partial charge on any atom is -0.469 e. The van der Waals surface area contributed by atoms with Crippen LogP contribution in [0.5, 0.6) is 0 Å². The van der Waals surface area contributed by atoms with E-state index in [4.69, 9.17) is 5.21 Å². The number of methoxy groups -OCH3 is 1. The molecular weight excluding hydrogens is 190 g/mol. The van der Waals surface area contributed by atoms with Gasteiger partial charge < -0.3 is 9.94 Å². The fraction of sp³-hybridized carbons (Fsp3) is 0.750. The fourth-order valence-corrected chi connectivity index (χ4v) is 1.55. The molecule has 0 aliphatic rings. The van der Waals surface area contributed by atoms with Crippen molar-refractivity contribution in [3.63, 3.8) is 0 Å². The first-order valence-electron chi connectivity index (χ1n) is 3.98. The van der Waals surface area contributed by atoms with E-state index >= 15 is 0 Å². The molecule has 0 spiro atoms. The fourth-order valence-electron chi connectivity index (χ4n) is 0.623. The van der Waals surface area contributed by atoms with Crippen molar-refractivity contribution < 1.29 is 14.7 Å². The van der Waals surface area contributed by atoms with Gasteiger partial charge in [-0.15, -0.1) is 0 Å². The maximum absolute atomic E-state index is 10.7. The largest absolute Gasteiger partial charge is 0.469 e. The third-order valence-corrected chi connectivity index (χ3v) is 2.93. The Labute approximate surface area is 82.3 Å². The number of oxime groups is 1. The Morgan fingerprint density at radius 2 is 2.31 bits per heavy atom. The number of ether oxygens (including phenoxy) is 1. The second-order valence-electron chi connectivity index (χ2n) is 2.58. The third kappa shape index (κ3) is 5.52. The van der Waals surface area contributed by atoms with Crippen LogP contribution in [-0.2, 0) is 9.53 Å². The molecular formula is C8H15NO3S. The number of nitrogens with zero attached hydrogens (tertiary/aromatic N) is 1. The van der Waals surface area contributed by atoms with Crippen LogP contribution in [0.1, 0.15) is 20.3 Å². The van der Waals surface area contributed by atoms with Crippen molar-refractivity contribution in [3.05, 3.63) is 0 Å². The average molecular weight is 205 g/mol. The summed E-state index contributed by atoms with van der Waals surface area (Å²) in [6, 6.07) is 0. The molecule has 0 rings (SSSR count). The minimum absolute atomic E-state index is 0.134. The van der Waals surface area contributed by atoms with E-state index in [0.29, 0.717) is 17.9 Å². The van der Waals surface area contributed by atoms with Gasteiger partial charge in [-0.1, -0.05) is 5.16 Å². The van der Waals surface area contributed by atoms with Crippen LogP contribution in [0.25, 0.3) is 0 Å². The van der Waals surface area contributed by atoms with Crippen molar-refractivity contribution in [2.45, 2.75) is 25.5 Å². The van der Waals surface area contributed by atoms with Gasteiger partial charge in [0.2, 0.25) is 0 Å². The summed E-state index contributed by atoms with van der Waals surface area (Å²) in [6.45, 7) is 3.67. The van der Waals surface area contributed by atoms with Gasteiger partial charge in [0.1, 0.15) is 0 Å². The Morgan fingerprint density at radius 3 is 2.77 bits per heavy atom. The van der Waals surface area contributed by atoms with Gasteiger partial charge in [-0.3, -0.25) is 4.79 Å². The molecule has 13 heavy (non-hydrogen) atoms. The van der Waals surface area contributed by atoms with Crippen molar-refractivity contribution in [1.82, 2.24) is 0 Å². The molecule has 0 bridgehead atoms. The molecule has 0 amide bonds. The van der Waals surface area contributed by atoms with Crippen LogP contribution in [-0.4, -0.2) is 35.0 Å². The molecule has 1 atom stereocenters. The van der Waals surface area contributed by atoms with Gasteiger partial charge in [0.15, 0.2) is 0 Å². The lowest BCUT2D eigenvalue weighted by Gasteiger charge is -2.08. The lowest BCUT2D eigenvalue weighted by atomic mass is 10.3. The highest BCUT2D eigenvalue weighted by Crippen LogP contribution is 2.13. The lowest BCUT2D eigenvalue weighted by molar-refractivity contribution is -0.140. The van der Waals surface area contributed by atoms with Crippen molar-refractivity contribution in [3.8, 4) is 0 Å². The molecule has 0 aromatic rings. The number of rotatable bonds is 5. The highest BCUT2D eigenvalue weighted by Gasteiger charge is 2.08. The van der Waals surface area contributed by atoms with Gasteiger partial charge in [-0.05, 0) is 13.8 Å². The van der Waals surface area contributed by atoms with E-state index in [1.54, 1.807) is 18.7 Å². The van der Waals surface area contributed by atoms with E-state index in [1.165, 1.54) is 7.11 Å². The summed E-state index contributed by atoms with van der Waals surface area (Å²) in [5, 5.41) is 11.7. The van der Waals surface area contributed by atoms with Crippen LogP contribution >= 0.6 is 11.8 Å². The first-order chi connectivity index (χ1) is 6.11. The molecule has 0 aliphatic heterocycles. The van der Waals surface area contributed by atoms with E-state index in [9.17, 15) is 4.79 Å². The lowest BCUT2D eigenvalue weighted by Crippen LogP contribution is -2.11. The van der Waals surface area contributed by atoms with E-state index in [-0.39, 0.29) is 11.2 Å². The van der Waals surface area contributed by atoms with Gasteiger partial charge in [0.05, 0.1) is 19.2 Å². The monoisotopic (exact) mass is 205 g/mol. The van der Waals surface area contributed by atoms with Gasteiger partial charge in [-0.2, -0.15) is 11.8 Å². The van der Waals surface area contributed by atoms with E-state index < -0.39 is 0 Å². The van der Waals surface area contributed by atoms with E-state index in [2.05, 4.69) is 9.89 Å². The Balaban J connectivity index is 3.59. The second-order valence-corrected chi connectivity index (χ2v) is 4.03. The number of hydrogen-bond donors (Lipinski definition) is 1. The number of hydrogen-bond acceptors (Lipinski definition) is 5. The van der Waals surface area contributed by atoms with Gasteiger partial charge in [-0.25, -0.2) is 0 Å². The number of carbonyl (C=O) groups excluding carboxylic acids is 1. The summed E-state index contributed by atoms with van der Waals surface area (Å²) in [5.41, 5.74) is 0.662. The molecule has 0 saturated carbocycles. The van der Waals surface area contributed by atoms with Crippen LogP contribution < -0.4 is 0 Å². The summed E-state index contributed by atoms with van der Waals surface area (Å²) in [7, 11) is 1.37. The molecule has 0 aromatic heterocycles. The summed E-state index contributed by atoms with van der Waals surface area (Å²) >= 11 is 1.56. The van der Waals surface area contributed by atoms with Crippen LogP contribution in [0.15, 0.2) is 5.16 Å². The zero-order valence-corrected chi connectivity index (χ0v) is 8.93. The molecule has 0 radical (unpaired) electrons. The van der Waals surface area contributed by atoms with Gasteiger partial charge >= 0.3 is 5.97 Å². The van der Waals surface area contributed by atoms with Crippen molar-refractivity contribution in [2.75, 3.05) is 12.9 Å². The van der Waals surface area contributed by atoms with E-state index in [1.807, 2.05) is 6.92 Å². The Morgan fingerprint density at radius 1 is 1.69 bits per heavy atom. The maximum Gasteiger partial charge on any atom is 0.306 e. The first-order valence-corrected chi connectivity index (χ1v) is 5.03. The quantitative estimate of drug-likeness (QED) is 0.320. The van der Waals surface area contributed by atoms with Gasteiger partial charge in [0, 0.05) is 11.0 Å². The Hall–Kier alpha value is -0.710. The third-order valence-electron chi connectivity index (χ3n) is 1.65. The van der Waals surface area contributed by atoms with Crippen molar-refractivity contribution in [2.24, 2.45) is 5.16 Å². The predicted octanol–water partition coefficient (Wildman–Crippen LogP) is 1.52. The number of esters is 1. The van der Waals surface area contributed by atoms with Gasteiger partial charge in [0.25, 0.3) is 0 Å². The molecule has 0 aliphatic carbocycles. The molecule has 0 saturated heterocycles. The standard InChI is InChI=1S/C8H15NO3S/c1-6(9-11)7(2)13-5-4-8(10)12-3/h7,11H,4-5H2,1-3H3/b9-6+. The summed E-state index contributed by atoms with van der Waals surface area (Å²) in [5.74, 6) is 0.471. The molecule has 5 heteroatoms. The minimum atomic E-state index is -0.210. The average Bonchev–Trinajstić information content (AvgIpc) is 2.15. The highest BCUT2D eigenvalue weighted by molar-refractivity contribution is 8.00. The zero-order valence-electron chi connectivity index (χ0n) is 8.11. The van der Waals surface area contributed by atoms with Crippen LogP contribution in [0, 0.1) is 0 Å². The molecule has 1 unspecified atom stereocenters. The molecule has 4 nitrogen and oxygen atoms in total. The van der Waals surface area contributed by atoms with Crippen LogP contribution in [0.3, 0.4) is 0 Å². The topological polar surface area (TPSA) is 58.9 Å². The smallest absolute Gasteiger partial charge is 0.306 e. The normalized spacial score (nSPS) is 13.9. The zero-order chi connectivity index (χ0) is 10.3. The summed E-state index contributed by atoms with van der Waals surface area (Å²) in [4.78, 5) is 10.7. The predicted molar refractivity (Wildman–Crippen MR) is 53.4 cm³/mol. The Kier molecular flexibility index (Phi) is 6.40. The van der Waals surface area contributed by atoms with Crippen molar-refractivity contribution in [1.29, 1.82) is 0 Å². The first kappa shape index (κ1) is 12.3. The molecule has 1 N–H and O–H groups in total. The molecule has 0 fully saturated rings. The summed E-state index contributed by atoms with van der Waals surface area (Å²) in [6.07, 6.45) is 0.393. The maximum atomic E-state index is 10.7. The molecule has 0 heterocycles. The SMILES string of the molecule is COC(=O)CCSC(C)/C(C)=N/O. The van der Waals surface area contributed by atoms with E-state index in [0.717, 1.165) is 0 Å². The van der Waals surface area contributed by atoms with Crippen LogP contribution in [0.2, 0.25) is 0 Å². The van der Waals surface area contributed by atoms with Crippen molar-refractivity contribution >= 4 is 23.4 Å². The molecule has 0 aromatic carbocycles. The summed E-state index contributed by atoms with van der Waals surface area (Å²) < 4.78 is 4.49. The Bertz CT molecular complexity index is 194. The van der Waals surface area contributed by atoms with Crippen LogP contribution in [0.4, 0.5) is 0 Å². The molecule has 76 valence electrons.